The normalized spacial score (nSPS) is 11.6. The number of halogens is 2. The molecular weight excluding hydrogens is 510 g/mol. The third-order valence-electron chi connectivity index (χ3n) is 3.89. The van der Waals surface area contributed by atoms with Crippen LogP contribution in [0.25, 0.3) is 0 Å². The summed E-state index contributed by atoms with van der Waals surface area (Å²) in [4.78, 5) is 4.27. The van der Waals surface area contributed by atoms with Gasteiger partial charge >= 0.3 is 0 Å². The van der Waals surface area contributed by atoms with E-state index in [9.17, 15) is 12.8 Å². The van der Waals surface area contributed by atoms with E-state index in [1.165, 1.54) is 19.2 Å². The lowest BCUT2D eigenvalue weighted by Crippen LogP contribution is -2.36. The van der Waals surface area contributed by atoms with Crippen molar-refractivity contribution >= 4 is 40.0 Å². The fourth-order valence-electron chi connectivity index (χ4n) is 2.41. The molecule has 0 atom stereocenters. The van der Waals surface area contributed by atoms with E-state index < -0.39 is 10.0 Å². The van der Waals surface area contributed by atoms with Gasteiger partial charge in [-0.1, -0.05) is 30.3 Å². The summed E-state index contributed by atoms with van der Waals surface area (Å²) < 4.78 is 45.6. The lowest BCUT2D eigenvalue weighted by molar-refractivity contribution is 0.204. The van der Waals surface area contributed by atoms with Crippen LogP contribution in [0, 0.1) is 5.82 Å². The van der Waals surface area contributed by atoms with Crippen molar-refractivity contribution in [2.45, 2.75) is 18.0 Å². The molecule has 0 bridgehead atoms. The number of hydrogen-bond donors (Lipinski definition) is 3. The highest BCUT2D eigenvalue weighted by atomic mass is 127. The van der Waals surface area contributed by atoms with Gasteiger partial charge in [0, 0.05) is 39.4 Å². The van der Waals surface area contributed by atoms with Crippen LogP contribution in [0.15, 0.2) is 58.4 Å². The summed E-state index contributed by atoms with van der Waals surface area (Å²) in [6.45, 7) is 1.14. The van der Waals surface area contributed by atoms with Crippen LogP contribution in [0.3, 0.4) is 0 Å². The molecular formula is C19H26FIN4O3S. The van der Waals surface area contributed by atoms with E-state index in [-0.39, 0.29) is 47.8 Å². The molecule has 0 aliphatic heterocycles. The molecule has 3 N–H and O–H groups in total. The molecule has 0 aliphatic rings. The lowest BCUT2D eigenvalue weighted by Gasteiger charge is -2.13. The topological polar surface area (TPSA) is 91.8 Å². The van der Waals surface area contributed by atoms with Crippen molar-refractivity contribution in [2.75, 3.05) is 27.3 Å². The third kappa shape index (κ3) is 8.25. The van der Waals surface area contributed by atoms with Gasteiger partial charge in [0.25, 0.3) is 0 Å². The second-order valence-corrected chi connectivity index (χ2v) is 7.68. The van der Waals surface area contributed by atoms with Crippen LogP contribution in [0.5, 0.6) is 0 Å². The predicted octanol–water partition coefficient (Wildman–Crippen LogP) is 2.23. The molecule has 29 heavy (non-hydrogen) atoms. The Hall–Kier alpha value is -1.76. The maximum absolute atomic E-state index is 13.7. The number of guanidine groups is 1. The van der Waals surface area contributed by atoms with E-state index in [1.54, 1.807) is 37.4 Å². The van der Waals surface area contributed by atoms with E-state index >= 15 is 0 Å². The first kappa shape index (κ1) is 25.3. The summed E-state index contributed by atoms with van der Waals surface area (Å²) in [6.07, 6.45) is 0. The zero-order valence-electron chi connectivity index (χ0n) is 16.3. The van der Waals surface area contributed by atoms with Crippen LogP contribution in [-0.2, 0) is 27.8 Å². The standard InChI is InChI=1S/C19H25FN4O3S.HI/c1-21-19(23-14-16-7-3-4-9-18(16)20)22-13-15-6-5-8-17(12-15)28(25,26)24-10-11-27-2;/h3-9,12,24H,10-11,13-14H2,1-2H3,(H2,21,22,23);1H. The van der Waals surface area contributed by atoms with Crippen molar-refractivity contribution in [3.05, 3.63) is 65.5 Å². The fraction of sp³-hybridized carbons (Fsp3) is 0.316. The van der Waals surface area contributed by atoms with E-state index in [2.05, 4.69) is 20.3 Å². The van der Waals surface area contributed by atoms with E-state index in [4.69, 9.17) is 4.74 Å². The monoisotopic (exact) mass is 536 g/mol. The van der Waals surface area contributed by atoms with Crippen LogP contribution in [0.4, 0.5) is 4.39 Å². The summed E-state index contributed by atoms with van der Waals surface area (Å²) in [5, 5.41) is 6.12. The molecule has 10 heteroatoms. The maximum atomic E-state index is 13.7. The Morgan fingerprint density at radius 2 is 1.83 bits per heavy atom. The highest BCUT2D eigenvalue weighted by Crippen LogP contribution is 2.11. The molecule has 7 nitrogen and oxygen atoms in total. The molecule has 0 amide bonds. The summed E-state index contributed by atoms with van der Waals surface area (Å²) in [5.74, 6) is 0.194. The van der Waals surface area contributed by atoms with Crippen LogP contribution in [0.2, 0.25) is 0 Å². The summed E-state index contributed by atoms with van der Waals surface area (Å²) in [7, 11) is -0.479. The SMILES string of the molecule is CN=C(NCc1cccc(S(=O)(=O)NCCOC)c1)NCc1ccccc1F.I. The van der Waals surface area contributed by atoms with Gasteiger partial charge in [-0.2, -0.15) is 0 Å². The van der Waals surface area contributed by atoms with Gasteiger partial charge in [0.1, 0.15) is 5.82 Å². The number of nitrogens with zero attached hydrogens (tertiary/aromatic N) is 1. The molecule has 0 aromatic heterocycles. The number of aliphatic imine (C=N–C) groups is 1. The zero-order valence-corrected chi connectivity index (χ0v) is 19.5. The van der Waals surface area contributed by atoms with Gasteiger partial charge in [-0.3, -0.25) is 4.99 Å². The van der Waals surface area contributed by atoms with Crippen molar-refractivity contribution in [2.24, 2.45) is 4.99 Å². The number of methoxy groups -OCH3 is 1. The minimum absolute atomic E-state index is 0. The van der Waals surface area contributed by atoms with Crippen LogP contribution in [0.1, 0.15) is 11.1 Å². The fourth-order valence-corrected chi connectivity index (χ4v) is 3.49. The molecule has 0 saturated heterocycles. The van der Waals surface area contributed by atoms with Crippen molar-refractivity contribution in [1.29, 1.82) is 0 Å². The van der Waals surface area contributed by atoms with Crippen LogP contribution >= 0.6 is 24.0 Å². The van der Waals surface area contributed by atoms with E-state index in [1.807, 2.05) is 6.07 Å². The van der Waals surface area contributed by atoms with Crippen molar-refractivity contribution < 1.29 is 17.5 Å². The minimum atomic E-state index is -3.60. The Bertz CT molecular complexity index is 910. The van der Waals surface area contributed by atoms with Gasteiger partial charge in [-0.25, -0.2) is 17.5 Å². The second-order valence-electron chi connectivity index (χ2n) is 5.91. The molecule has 0 spiro atoms. The molecule has 0 unspecified atom stereocenters. The molecule has 160 valence electrons. The van der Waals surface area contributed by atoms with Gasteiger partial charge < -0.3 is 15.4 Å². The first-order valence-electron chi connectivity index (χ1n) is 8.71. The molecule has 2 aromatic carbocycles. The molecule has 0 radical (unpaired) electrons. The highest BCUT2D eigenvalue weighted by Gasteiger charge is 2.13. The molecule has 0 heterocycles. The van der Waals surface area contributed by atoms with Crippen molar-refractivity contribution in [3.63, 3.8) is 0 Å². The maximum Gasteiger partial charge on any atom is 0.240 e. The highest BCUT2D eigenvalue weighted by molar-refractivity contribution is 14.0. The minimum Gasteiger partial charge on any atom is -0.383 e. The van der Waals surface area contributed by atoms with Gasteiger partial charge in [-0.15, -0.1) is 24.0 Å². The van der Waals surface area contributed by atoms with Gasteiger partial charge in [0.2, 0.25) is 10.0 Å². The Morgan fingerprint density at radius 3 is 2.52 bits per heavy atom. The number of ether oxygens (including phenoxy) is 1. The van der Waals surface area contributed by atoms with E-state index in [0.717, 1.165) is 5.56 Å². The van der Waals surface area contributed by atoms with Gasteiger partial charge in [-0.05, 0) is 23.8 Å². The Kier molecular flexibility index (Phi) is 11.1. The number of hydrogen-bond acceptors (Lipinski definition) is 4. The summed E-state index contributed by atoms with van der Waals surface area (Å²) in [6, 6.07) is 13.1. The number of rotatable bonds is 9. The van der Waals surface area contributed by atoms with Gasteiger partial charge in [0.15, 0.2) is 5.96 Å². The summed E-state index contributed by atoms with van der Waals surface area (Å²) in [5.41, 5.74) is 1.30. The number of nitrogens with one attached hydrogen (secondary N) is 3. The Morgan fingerprint density at radius 1 is 1.10 bits per heavy atom. The molecule has 2 aromatic rings. The Labute approximate surface area is 188 Å². The smallest absolute Gasteiger partial charge is 0.240 e. The van der Waals surface area contributed by atoms with Crippen LogP contribution in [-0.4, -0.2) is 41.7 Å². The molecule has 0 fully saturated rings. The second kappa shape index (κ2) is 12.7. The quantitative estimate of drug-likeness (QED) is 0.198. The first-order valence-corrected chi connectivity index (χ1v) is 10.2. The lowest BCUT2D eigenvalue weighted by atomic mass is 10.2. The Balaban J connectivity index is 0.00000420. The average molecular weight is 536 g/mol. The number of benzene rings is 2. The van der Waals surface area contributed by atoms with Crippen molar-refractivity contribution in [3.8, 4) is 0 Å². The van der Waals surface area contributed by atoms with Crippen molar-refractivity contribution in [1.82, 2.24) is 15.4 Å². The summed E-state index contributed by atoms with van der Waals surface area (Å²) >= 11 is 0. The predicted molar refractivity (Wildman–Crippen MR) is 122 cm³/mol. The zero-order chi connectivity index (χ0) is 20.4. The first-order chi connectivity index (χ1) is 13.5. The van der Waals surface area contributed by atoms with Gasteiger partial charge in [0.05, 0.1) is 11.5 Å². The number of sulfonamides is 1. The largest absolute Gasteiger partial charge is 0.383 e. The average Bonchev–Trinajstić information content (AvgIpc) is 2.69. The van der Waals surface area contributed by atoms with Crippen LogP contribution < -0.4 is 15.4 Å². The third-order valence-corrected chi connectivity index (χ3v) is 5.35. The van der Waals surface area contributed by atoms with E-state index in [0.29, 0.717) is 24.7 Å². The molecule has 0 aliphatic carbocycles. The molecule has 2 rings (SSSR count). The molecule has 0 saturated carbocycles.